The Morgan fingerprint density at radius 3 is 2.39 bits per heavy atom. The summed E-state index contributed by atoms with van der Waals surface area (Å²) in [5.41, 5.74) is 1.99. The Morgan fingerprint density at radius 2 is 1.78 bits per heavy atom. The number of benzene rings is 1. The summed E-state index contributed by atoms with van der Waals surface area (Å²) < 4.78 is 0. The van der Waals surface area contributed by atoms with E-state index >= 15 is 0 Å². The number of aryl methyl sites for hydroxylation is 1. The van der Waals surface area contributed by atoms with Crippen LogP contribution in [0.15, 0.2) is 24.3 Å². The van der Waals surface area contributed by atoms with Crippen molar-refractivity contribution in [2.24, 2.45) is 0 Å². The maximum Gasteiger partial charge on any atom is 0.245 e. The summed E-state index contributed by atoms with van der Waals surface area (Å²) in [6.45, 7) is 8.57. The Hall–Kier alpha value is -1.88. The Balaban J connectivity index is 1.74. The van der Waals surface area contributed by atoms with Crippen molar-refractivity contribution in [1.29, 1.82) is 0 Å². The van der Waals surface area contributed by atoms with Gasteiger partial charge in [-0.15, -0.1) is 0 Å². The van der Waals surface area contributed by atoms with Crippen LogP contribution in [0, 0.1) is 6.92 Å². The van der Waals surface area contributed by atoms with Gasteiger partial charge in [0.1, 0.15) is 6.04 Å². The lowest BCUT2D eigenvalue weighted by molar-refractivity contribution is -0.134. The quantitative estimate of drug-likeness (QED) is 0.852. The van der Waals surface area contributed by atoms with Crippen LogP contribution in [-0.4, -0.2) is 60.4 Å². The highest BCUT2D eigenvalue weighted by Gasteiger charge is 2.39. The maximum atomic E-state index is 12.9. The van der Waals surface area contributed by atoms with Crippen LogP contribution < -0.4 is 4.90 Å². The van der Waals surface area contributed by atoms with E-state index in [1.165, 1.54) is 0 Å². The van der Waals surface area contributed by atoms with Gasteiger partial charge in [0.25, 0.3) is 0 Å². The molecule has 0 aliphatic carbocycles. The molecule has 5 heteroatoms. The highest BCUT2D eigenvalue weighted by molar-refractivity contribution is 6.03. The molecule has 124 valence electrons. The van der Waals surface area contributed by atoms with Gasteiger partial charge in [0, 0.05) is 38.3 Å². The Kier molecular flexibility index (Phi) is 4.66. The monoisotopic (exact) mass is 315 g/mol. The SMILES string of the molecule is CCN1CCN(C(=O)C2CCC(=O)N2c2ccc(C)cc2)CC1. The van der Waals surface area contributed by atoms with Crippen molar-refractivity contribution in [3.63, 3.8) is 0 Å². The lowest BCUT2D eigenvalue weighted by atomic mass is 10.1. The van der Waals surface area contributed by atoms with Crippen LogP contribution in [0.25, 0.3) is 0 Å². The van der Waals surface area contributed by atoms with Gasteiger partial charge in [-0.2, -0.15) is 0 Å². The van der Waals surface area contributed by atoms with E-state index < -0.39 is 0 Å². The summed E-state index contributed by atoms with van der Waals surface area (Å²) in [6.07, 6.45) is 1.08. The standard InChI is InChI=1S/C18H25N3O2/c1-3-19-10-12-20(13-11-19)18(23)16-8-9-17(22)21(16)15-6-4-14(2)5-7-15/h4-7,16H,3,8-13H2,1-2H3. The zero-order valence-corrected chi connectivity index (χ0v) is 14.0. The predicted molar refractivity (Wildman–Crippen MR) is 90.4 cm³/mol. The van der Waals surface area contributed by atoms with Crippen molar-refractivity contribution >= 4 is 17.5 Å². The first-order valence-electron chi connectivity index (χ1n) is 8.50. The molecule has 2 saturated heterocycles. The van der Waals surface area contributed by atoms with E-state index in [0.29, 0.717) is 12.8 Å². The Morgan fingerprint density at radius 1 is 1.13 bits per heavy atom. The number of carbonyl (C=O) groups excluding carboxylic acids is 2. The molecule has 1 aromatic rings. The fourth-order valence-electron chi connectivity index (χ4n) is 3.44. The minimum Gasteiger partial charge on any atom is -0.338 e. The van der Waals surface area contributed by atoms with Crippen LogP contribution in [-0.2, 0) is 9.59 Å². The molecule has 1 atom stereocenters. The van der Waals surface area contributed by atoms with E-state index in [-0.39, 0.29) is 17.9 Å². The predicted octanol–water partition coefficient (Wildman–Crippen LogP) is 1.65. The van der Waals surface area contributed by atoms with E-state index in [0.717, 1.165) is 44.0 Å². The first kappa shape index (κ1) is 16.0. The number of anilines is 1. The van der Waals surface area contributed by atoms with Crippen LogP contribution in [0.3, 0.4) is 0 Å². The van der Waals surface area contributed by atoms with Crippen molar-refractivity contribution < 1.29 is 9.59 Å². The van der Waals surface area contributed by atoms with Crippen molar-refractivity contribution in [3.05, 3.63) is 29.8 Å². The zero-order chi connectivity index (χ0) is 16.4. The summed E-state index contributed by atoms with van der Waals surface area (Å²) in [5, 5.41) is 0. The smallest absolute Gasteiger partial charge is 0.245 e. The van der Waals surface area contributed by atoms with Crippen LogP contribution in [0.4, 0.5) is 5.69 Å². The second-order valence-corrected chi connectivity index (χ2v) is 6.41. The van der Waals surface area contributed by atoms with Gasteiger partial charge in [-0.3, -0.25) is 14.5 Å². The first-order chi connectivity index (χ1) is 11.1. The number of likely N-dealkylation sites (N-methyl/N-ethyl adjacent to an activating group) is 1. The van der Waals surface area contributed by atoms with E-state index in [9.17, 15) is 9.59 Å². The van der Waals surface area contributed by atoms with Crippen LogP contribution in [0.5, 0.6) is 0 Å². The van der Waals surface area contributed by atoms with Crippen molar-refractivity contribution in [1.82, 2.24) is 9.80 Å². The number of piperazine rings is 1. The van der Waals surface area contributed by atoms with Crippen LogP contribution in [0.2, 0.25) is 0 Å². The topological polar surface area (TPSA) is 43.9 Å². The molecule has 0 radical (unpaired) electrons. The van der Waals surface area contributed by atoms with E-state index in [4.69, 9.17) is 0 Å². The Bertz CT molecular complexity index is 576. The highest BCUT2D eigenvalue weighted by Crippen LogP contribution is 2.28. The summed E-state index contributed by atoms with van der Waals surface area (Å²) in [5.74, 6) is 0.159. The van der Waals surface area contributed by atoms with Crippen molar-refractivity contribution in [2.75, 3.05) is 37.6 Å². The molecule has 0 N–H and O–H groups in total. The van der Waals surface area contributed by atoms with Gasteiger partial charge < -0.3 is 9.80 Å². The van der Waals surface area contributed by atoms with Gasteiger partial charge in [0.05, 0.1) is 0 Å². The molecule has 2 amide bonds. The maximum absolute atomic E-state index is 12.9. The molecule has 0 spiro atoms. The number of carbonyl (C=O) groups is 2. The summed E-state index contributed by atoms with van der Waals surface area (Å²) in [7, 11) is 0. The van der Waals surface area contributed by atoms with Gasteiger partial charge in [0.2, 0.25) is 11.8 Å². The van der Waals surface area contributed by atoms with Crippen LogP contribution in [0.1, 0.15) is 25.3 Å². The lowest BCUT2D eigenvalue weighted by Gasteiger charge is -2.36. The number of hydrogen-bond donors (Lipinski definition) is 0. The molecule has 23 heavy (non-hydrogen) atoms. The van der Waals surface area contributed by atoms with Crippen LogP contribution >= 0.6 is 0 Å². The summed E-state index contributed by atoms with van der Waals surface area (Å²) in [4.78, 5) is 31.2. The third kappa shape index (κ3) is 3.24. The average Bonchev–Trinajstić information content (AvgIpc) is 2.97. The Labute approximate surface area is 137 Å². The second-order valence-electron chi connectivity index (χ2n) is 6.41. The lowest BCUT2D eigenvalue weighted by Crippen LogP contribution is -2.54. The van der Waals surface area contributed by atoms with E-state index in [1.807, 2.05) is 36.1 Å². The zero-order valence-electron chi connectivity index (χ0n) is 14.0. The molecule has 2 fully saturated rings. The molecule has 5 nitrogen and oxygen atoms in total. The third-order valence-electron chi connectivity index (χ3n) is 4.94. The van der Waals surface area contributed by atoms with Gasteiger partial charge in [0.15, 0.2) is 0 Å². The summed E-state index contributed by atoms with van der Waals surface area (Å²) >= 11 is 0. The van der Waals surface area contributed by atoms with Crippen molar-refractivity contribution in [3.8, 4) is 0 Å². The molecule has 0 aromatic heterocycles. The molecular weight excluding hydrogens is 290 g/mol. The largest absolute Gasteiger partial charge is 0.338 e. The van der Waals surface area contributed by atoms with Gasteiger partial charge in [-0.05, 0) is 32.0 Å². The molecule has 2 aliphatic rings. The molecule has 2 aliphatic heterocycles. The van der Waals surface area contributed by atoms with Crippen molar-refractivity contribution in [2.45, 2.75) is 32.7 Å². The summed E-state index contributed by atoms with van der Waals surface area (Å²) in [6, 6.07) is 7.52. The number of rotatable bonds is 3. The molecule has 3 rings (SSSR count). The molecule has 0 bridgehead atoms. The van der Waals surface area contributed by atoms with Gasteiger partial charge in [-0.25, -0.2) is 0 Å². The molecule has 2 heterocycles. The number of amides is 2. The highest BCUT2D eigenvalue weighted by atomic mass is 16.2. The number of nitrogens with zero attached hydrogens (tertiary/aromatic N) is 3. The minimum absolute atomic E-state index is 0.0550. The molecule has 1 aromatic carbocycles. The molecule has 1 unspecified atom stereocenters. The van der Waals surface area contributed by atoms with Gasteiger partial charge >= 0.3 is 0 Å². The third-order valence-corrected chi connectivity index (χ3v) is 4.94. The first-order valence-corrected chi connectivity index (χ1v) is 8.50. The average molecular weight is 315 g/mol. The fraction of sp³-hybridized carbons (Fsp3) is 0.556. The minimum atomic E-state index is -0.335. The molecule has 0 saturated carbocycles. The normalized spacial score (nSPS) is 22.7. The fourth-order valence-corrected chi connectivity index (χ4v) is 3.44. The second kappa shape index (κ2) is 6.71. The van der Waals surface area contributed by atoms with E-state index in [1.54, 1.807) is 4.90 Å². The van der Waals surface area contributed by atoms with Gasteiger partial charge in [-0.1, -0.05) is 24.6 Å². The van der Waals surface area contributed by atoms with E-state index in [2.05, 4.69) is 11.8 Å². The number of hydrogen-bond acceptors (Lipinski definition) is 3. The molecular formula is C18H25N3O2.